The molecule has 3 aromatic rings. The number of phenolic OH excluding ortho intramolecular Hbond substituents is 2. The molecule has 7 heteroatoms. The Bertz CT molecular complexity index is 1040. The number of aliphatic hydroxyl groups is 1. The lowest BCUT2D eigenvalue weighted by molar-refractivity contribution is -0.121. The maximum Gasteiger partial charge on any atom is 0.340 e. The molecule has 0 radical (unpaired) electrons. The Hall–Kier alpha value is -3.32. The van der Waals surface area contributed by atoms with Gasteiger partial charge in [0.2, 0.25) is 11.7 Å². The summed E-state index contributed by atoms with van der Waals surface area (Å²) < 4.78 is 5.11. The molecule has 0 fully saturated rings. The van der Waals surface area contributed by atoms with E-state index in [9.17, 15) is 24.9 Å². The fourth-order valence-corrected chi connectivity index (χ4v) is 2.96. The van der Waals surface area contributed by atoms with Gasteiger partial charge in [0.05, 0.1) is 24.6 Å². The number of phenols is 2. The SMILES string of the molecule is Cc1c(CC(=O)NC(CO)c2ccccc2)c(=O)oc2c(O)c(O)ccc12. The summed E-state index contributed by atoms with van der Waals surface area (Å²) in [5.41, 5.74) is 0.480. The maximum atomic E-state index is 12.4. The summed E-state index contributed by atoms with van der Waals surface area (Å²) >= 11 is 0. The normalized spacial score (nSPS) is 12.1. The van der Waals surface area contributed by atoms with E-state index in [2.05, 4.69) is 5.32 Å². The summed E-state index contributed by atoms with van der Waals surface area (Å²) in [4.78, 5) is 24.7. The highest BCUT2D eigenvalue weighted by molar-refractivity contribution is 5.89. The Morgan fingerprint density at radius 3 is 2.52 bits per heavy atom. The van der Waals surface area contributed by atoms with Crippen molar-refractivity contribution in [1.82, 2.24) is 5.32 Å². The lowest BCUT2D eigenvalue weighted by atomic mass is 10.0. The van der Waals surface area contributed by atoms with Crippen LogP contribution >= 0.6 is 0 Å². The van der Waals surface area contributed by atoms with Crippen LogP contribution in [0.25, 0.3) is 11.0 Å². The zero-order valence-electron chi connectivity index (χ0n) is 14.6. The Balaban J connectivity index is 1.89. The number of amides is 1. The molecule has 1 unspecified atom stereocenters. The van der Waals surface area contributed by atoms with Crippen molar-refractivity contribution in [3.8, 4) is 11.5 Å². The molecule has 3 rings (SSSR count). The molecule has 1 aromatic heterocycles. The summed E-state index contributed by atoms with van der Waals surface area (Å²) in [5, 5.41) is 32.1. The number of hydrogen-bond donors (Lipinski definition) is 4. The number of aromatic hydroxyl groups is 2. The summed E-state index contributed by atoms with van der Waals surface area (Å²) in [7, 11) is 0. The van der Waals surface area contributed by atoms with Crippen molar-refractivity contribution in [3.63, 3.8) is 0 Å². The van der Waals surface area contributed by atoms with Crippen LogP contribution in [0.2, 0.25) is 0 Å². The van der Waals surface area contributed by atoms with Gasteiger partial charge in [-0.05, 0) is 30.2 Å². The maximum absolute atomic E-state index is 12.4. The fraction of sp³-hybridized carbons (Fsp3) is 0.200. The second-order valence-corrected chi connectivity index (χ2v) is 6.19. The summed E-state index contributed by atoms with van der Waals surface area (Å²) in [5.74, 6) is -1.37. The smallest absolute Gasteiger partial charge is 0.340 e. The predicted octanol–water partition coefficient (Wildman–Crippen LogP) is 1.90. The van der Waals surface area contributed by atoms with E-state index in [0.717, 1.165) is 5.56 Å². The lowest BCUT2D eigenvalue weighted by Crippen LogP contribution is -2.33. The first-order valence-electron chi connectivity index (χ1n) is 8.34. The standard InChI is InChI=1S/C20H19NO6/c1-11-13-7-8-16(23)18(25)19(13)27-20(26)14(11)9-17(24)21-15(10-22)12-5-3-2-4-6-12/h2-8,15,22-23,25H,9-10H2,1H3,(H,21,24). The number of hydrogen-bond acceptors (Lipinski definition) is 6. The van der Waals surface area contributed by atoms with Crippen molar-refractivity contribution < 1.29 is 24.5 Å². The van der Waals surface area contributed by atoms with Gasteiger partial charge in [0.15, 0.2) is 11.3 Å². The molecule has 0 saturated carbocycles. The van der Waals surface area contributed by atoms with Crippen molar-refractivity contribution in [1.29, 1.82) is 0 Å². The number of benzene rings is 2. The molecular weight excluding hydrogens is 350 g/mol. The molecule has 0 spiro atoms. The zero-order valence-corrected chi connectivity index (χ0v) is 14.6. The van der Waals surface area contributed by atoms with Crippen LogP contribution < -0.4 is 10.9 Å². The Kier molecular flexibility index (Phi) is 5.14. The van der Waals surface area contributed by atoms with Gasteiger partial charge in [0.25, 0.3) is 0 Å². The van der Waals surface area contributed by atoms with Crippen molar-refractivity contribution in [3.05, 3.63) is 69.6 Å². The molecule has 1 amide bonds. The fourth-order valence-electron chi connectivity index (χ4n) is 2.96. The molecule has 0 aliphatic heterocycles. The second kappa shape index (κ2) is 7.51. The van der Waals surface area contributed by atoms with Gasteiger partial charge < -0.3 is 25.1 Å². The Labute approximate surface area is 154 Å². The number of carbonyl (C=O) groups excluding carboxylic acids is 1. The first-order chi connectivity index (χ1) is 12.9. The number of aliphatic hydroxyl groups excluding tert-OH is 1. The average molecular weight is 369 g/mol. The summed E-state index contributed by atoms with van der Waals surface area (Å²) in [6.45, 7) is 1.35. The molecule has 0 bridgehead atoms. The zero-order chi connectivity index (χ0) is 19.6. The molecule has 7 nitrogen and oxygen atoms in total. The summed E-state index contributed by atoms with van der Waals surface area (Å²) in [6, 6.07) is 11.2. The number of fused-ring (bicyclic) bond motifs is 1. The van der Waals surface area contributed by atoms with E-state index in [1.165, 1.54) is 12.1 Å². The van der Waals surface area contributed by atoms with Crippen LogP contribution in [-0.4, -0.2) is 27.8 Å². The number of nitrogens with one attached hydrogen (secondary N) is 1. The van der Waals surface area contributed by atoms with Gasteiger partial charge in [-0.2, -0.15) is 0 Å². The molecule has 0 aliphatic carbocycles. The highest BCUT2D eigenvalue weighted by Gasteiger charge is 2.20. The topological polar surface area (TPSA) is 120 Å². The van der Waals surface area contributed by atoms with Crippen molar-refractivity contribution >= 4 is 16.9 Å². The minimum absolute atomic E-state index is 0.126. The first-order valence-corrected chi connectivity index (χ1v) is 8.34. The van der Waals surface area contributed by atoms with Crippen LogP contribution in [-0.2, 0) is 11.2 Å². The number of carbonyl (C=O) groups is 1. The molecule has 2 aromatic carbocycles. The van der Waals surface area contributed by atoms with Gasteiger partial charge in [-0.1, -0.05) is 30.3 Å². The largest absolute Gasteiger partial charge is 0.504 e. The van der Waals surface area contributed by atoms with Crippen LogP contribution in [0.15, 0.2) is 51.7 Å². The lowest BCUT2D eigenvalue weighted by Gasteiger charge is -2.17. The van der Waals surface area contributed by atoms with Gasteiger partial charge in [-0.3, -0.25) is 4.79 Å². The third-order valence-electron chi connectivity index (χ3n) is 4.47. The Morgan fingerprint density at radius 2 is 1.85 bits per heavy atom. The quantitative estimate of drug-likeness (QED) is 0.403. The molecule has 1 heterocycles. The van der Waals surface area contributed by atoms with Crippen LogP contribution in [0.4, 0.5) is 0 Å². The van der Waals surface area contributed by atoms with Crippen molar-refractivity contribution in [2.75, 3.05) is 6.61 Å². The minimum atomic E-state index is -0.767. The van der Waals surface area contributed by atoms with Gasteiger partial charge in [0.1, 0.15) is 0 Å². The molecule has 4 N–H and O–H groups in total. The highest BCUT2D eigenvalue weighted by atomic mass is 16.4. The van der Waals surface area contributed by atoms with E-state index >= 15 is 0 Å². The van der Waals surface area contributed by atoms with Gasteiger partial charge in [-0.25, -0.2) is 4.79 Å². The summed E-state index contributed by atoms with van der Waals surface area (Å²) in [6.07, 6.45) is -0.241. The van der Waals surface area contributed by atoms with Crippen molar-refractivity contribution in [2.24, 2.45) is 0 Å². The number of aryl methyl sites for hydroxylation is 1. The van der Waals surface area contributed by atoms with E-state index in [0.29, 0.717) is 10.9 Å². The molecule has 1 atom stereocenters. The van der Waals surface area contributed by atoms with E-state index in [-0.39, 0.29) is 24.2 Å². The highest BCUT2D eigenvalue weighted by Crippen LogP contribution is 2.34. The molecule has 140 valence electrons. The average Bonchev–Trinajstić information content (AvgIpc) is 2.67. The Morgan fingerprint density at radius 1 is 1.15 bits per heavy atom. The van der Waals surface area contributed by atoms with Crippen molar-refractivity contribution in [2.45, 2.75) is 19.4 Å². The monoisotopic (exact) mass is 369 g/mol. The van der Waals surface area contributed by atoms with Gasteiger partial charge >= 0.3 is 5.63 Å². The van der Waals surface area contributed by atoms with Crippen LogP contribution in [0.3, 0.4) is 0 Å². The van der Waals surface area contributed by atoms with Gasteiger partial charge in [-0.15, -0.1) is 0 Å². The second-order valence-electron chi connectivity index (χ2n) is 6.19. The minimum Gasteiger partial charge on any atom is -0.504 e. The molecule has 0 aliphatic rings. The van der Waals surface area contributed by atoms with Crippen LogP contribution in [0, 0.1) is 6.92 Å². The number of rotatable bonds is 5. The first kappa shape index (κ1) is 18.5. The third-order valence-corrected chi connectivity index (χ3v) is 4.47. The van der Waals surface area contributed by atoms with E-state index in [4.69, 9.17) is 4.42 Å². The molecule has 27 heavy (non-hydrogen) atoms. The van der Waals surface area contributed by atoms with E-state index in [1.54, 1.807) is 31.2 Å². The molecular formula is C20H19NO6. The van der Waals surface area contributed by atoms with Crippen LogP contribution in [0.5, 0.6) is 11.5 Å². The van der Waals surface area contributed by atoms with Gasteiger partial charge in [0, 0.05) is 5.39 Å². The molecule has 0 saturated heterocycles. The van der Waals surface area contributed by atoms with E-state index in [1.807, 2.05) is 6.07 Å². The third kappa shape index (κ3) is 3.63. The van der Waals surface area contributed by atoms with Crippen LogP contribution in [0.1, 0.15) is 22.7 Å². The van der Waals surface area contributed by atoms with E-state index < -0.39 is 29.1 Å². The predicted molar refractivity (Wildman–Crippen MR) is 98.7 cm³/mol.